The highest BCUT2D eigenvalue weighted by molar-refractivity contribution is 8.05. The smallest absolute Gasteiger partial charge is 0.136 e. The van der Waals surface area contributed by atoms with E-state index >= 15 is 0 Å². The van der Waals surface area contributed by atoms with Gasteiger partial charge in [-0.25, -0.2) is 0 Å². The van der Waals surface area contributed by atoms with Gasteiger partial charge < -0.3 is 14.8 Å². The van der Waals surface area contributed by atoms with Crippen molar-refractivity contribution in [3.63, 3.8) is 0 Å². The van der Waals surface area contributed by atoms with Gasteiger partial charge in [0.1, 0.15) is 6.29 Å². The fourth-order valence-corrected chi connectivity index (χ4v) is 4.45. The molecule has 0 spiro atoms. The summed E-state index contributed by atoms with van der Waals surface area (Å²) in [4.78, 5) is 12.8. The molecule has 0 bridgehead atoms. The Hall–Kier alpha value is -1.52. The molecule has 0 aromatic carbocycles. The lowest BCUT2D eigenvalue weighted by molar-refractivity contribution is -0.111. The van der Waals surface area contributed by atoms with Gasteiger partial charge in [-0.3, -0.25) is 0 Å². The third kappa shape index (κ3) is 9.68. The first-order valence-corrected chi connectivity index (χ1v) is 11.6. The molecule has 0 amide bonds. The third-order valence-corrected chi connectivity index (χ3v) is 6.47. The summed E-state index contributed by atoms with van der Waals surface area (Å²) in [5, 5.41) is 3.44. The number of aldehydes is 1. The summed E-state index contributed by atoms with van der Waals surface area (Å²) in [7, 11) is 0. The largest absolute Gasteiger partial charge is 0.381 e. The number of carbonyl (C=O) groups excluding carboxylic acids is 1. The molecule has 1 unspecified atom stereocenters. The number of nitrogens with one attached hydrogen (secondary N) is 1. The molecule has 1 saturated heterocycles. The zero-order chi connectivity index (χ0) is 21.5. The Morgan fingerprint density at radius 1 is 1.24 bits per heavy atom. The third-order valence-electron chi connectivity index (χ3n) is 5.12. The topological polar surface area (TPSA) is 38.3 Å². The molecule has 0 aromatic heterocycles. The maximum absolute atomic E-state index is 11.7. The minimum atomic E-state index is -0.350. The van der Waals surface area contributed by atoms with E-state index in [1.54, 1.807) is 11.8 Å². The Kier molecular flexibility index (Phi) is 12.7. The van der Waals surface area contributed by atoms with E-state index in [0.29, 0.717) is 13.2 Å². The molecule has 1 N–H and O–H groups in total. The number of allylic oxidation sites excluding steroid dienone is 6. The molecule has 1 fully saturated rings. The van der Waals surface area contributed by atoms with E-state index in [4.69, 9.17) is 4.74 Å². The van der Waals surface area contributed by atoms with E-state index in [-0.39, 0.29) is 10.8 Å². The average Bonchev–Trinajstić information content (AvgIpc) is 2.73. The Morgan fingerprint density at radius 3 is 2.55 bits per heavy atom. The van der Waals surface area contributed by atoms with Gasteiger partial charge in [-0.15, -0.1) is 18.3 Å². The first-order chi connectivity index (χ1) is 14.0. The lowest BCUT2D eigenvalue weighted by Crippen LogP contribution is -2.34. The van der Waals surface area contributed by atoms with Crippen molar-refractivity contribution < 1.29 is 9.53 Å². The van der Waals surface area contributed by atoms with Gasteiger partial charge in [-0.1, -0.05) is 50.1 Å². The number of hydrogen-bond donors (Lipinski definition) is 1. The van der Waals surface area contributed by atoms with E-state index < -0.39 is 0 Å². The van der Waals surface area contributed by atoms with Gasteiger partial charge in [0, 0.05) is 19.4 Å². The molecule has 1 rings (SSSR count). The number of ether oxygens (including phenoxy) is 1. The van der Waals surface area contributed by atoms with Crippen molar-refractivity contribution in [2.45, 2.75) is 77.0 Å². The van der Waals surface area contributed by atoms with Crippen molar-refractivity contribution in [3.05, 3.63) is 59.2 Å². The molecule has 1 atom stereocenters. The predicted molar refractivity (Wildman–Crippen MR) is 128 cm³/mol. The predicted octanol–water partition coefficient (Wildman–Crippen LogP) is 6.50. The molecule has 4 heteroatoms. The molecule has 3 nitrogen and oxygen atoms in total. The maximum Gasteiger partial charge on any atom is 0.136 e. The van der Waals surface area contributed by atoms with Crippen LogP contribution in [-0.4, -0.2) is 30.3 Å². The molecule has 1 heterocycles. The van der Waals surface area contributed by atoms with Crippen molar-refractivity contribution in [2.24, 2.45) is 0 Å². The molecular weight excluding hydrogens is 378 g/mol. The lowest BCUT2D eigenvalue weighted by atomic mass is 10.0. The Morgan fingerprint density at radius 2 is 1.97 bits per heavy atom. The van der Waals surface area contributed by atoms with Crippen LogP contribution in [0.2, 0.25) is 0 Å². The molecule has 1 aliphatic rings. The molecule has 29 heavy (non-hydrogen) atoms. The minimum Gasteiger partial charge on any atom is -0.381 e. The second-order valence-corrected chi connectivity index (χ2v) is 9.30. The number of thioether (sulfide) groups is 1. The summed E-state index contributed by atoms with van der Waals surface area (Å²) in [6, 6.07) is 0.0613. The van der Waals surface area contributed by atoms with Gasteiger partial charge >= 0.3 is 0 Å². The monoisotopic (exact) mass is 417 g/mol. The van der Waals surface area contributed by atoms with Crippen LogP contribution >= 0.6 is 11.8 Å². The molecule has 0 saturated carbocycles. The Bertz CT molecular complexity index is 625. The summed E-state index contributed by atoms with van der Waals surface area (Å²) in [5.41, 5.74) is 2.57. The van der Waals surface area contributed by atoms with Crippen molar-refractivity contribution in [3.8, 4) is 0 Å². The lowest BCUT2D eigenvalue weighted by Gasteiger charge is -2.31. The number of unbranched alkanes of at least 4 members (excludes halogenated alkanes) is 2. The van der Waals surface area contributed by atoms with Gasteiger partial charge in [-0.05, 0) is 62.5 Å². The number of hydrogen-bond acceptors (Lipinski definition) is 4. The molecule has 1 aliphatic heterocycles. The summed E-state index contributed by atoms with van der Waals surface area (Å²) in [6.07, 6.45) is 20.1. The zero-order valence-corrected chi connectivity index (χ0v) is 19.5. The van der Waals surface area contributed by atoms with Crippen LogP contribution in [0.1, 0.15) is 66.2 Å². The van der Waals surface area contributed by atoms with Crippen LogP contribution < -0.4 is 5.32 Å². The SMILES string of the molecule is C=CC(N/C=C(\C)SC1(C=O)CCOCC1)/C(C)=C/C=C(\C=C/C)CCCCC. The van der Waals surface area contributed by atoms with Gasteiger partial charge in [0.2, 0.25) is 0 Å². The quantitative estimate of drug-likeness (QED) is 0.161. The molecule has 0 aliphatic carbocycles. The molecule has 162 valence electrons. The Balaban J connectivity index is 2.75. The second-order valence-electron chi connectivity index (χ2n) is 7.64. The van der Waals surface area contributed by atoms with Gasteiger partial charge in [-0.2, -0.15) is 0 Å². The van der Waals surface area contributed by atoms with Crippen LogP contribution in [0.5, 0.6) is 0 Å². The van der Waals surface area contributed by atoms with Crippen LogP contribution in [0.25, 0.3) is 0 Å². The van der Waals surface area contributed by atoms with Crippen LogP contribution in [0, 0.1) is 0 Å². The van der Waals surface area contributed by atoms with Crippen LogP contribution in [0.15, 0.2) is 59.2 Å². The number of rotatable bonds is 13. The fourth-order valence-electron chi connectivity index (χ4n) is 3.26. The van der Waals surface area contributed by atoms with E-state index in [1.165, 1.54) is 30.4 Å². The number of carbonyl (C=O) groups is 1. The Labute approximate surface area is 182 Å². The van der Waals surface area contributed by atoms with Crippen molar-refractivity contribution >= 4 is 18.0 Å². The van der Waals surface area contributed by atoms with Gasteiger partial charge in [0.15, 0.2) is 0 Å². The van der Waals surface area contributed by atoms with Crippen LogP contribution in [-0.2, 0) is 9.53 Å². The van der Waals surface area contributed by atoms with Gasteiger partial charge in [0.25, 0.3) is 0 Å². The fraction of sp³-hybridized carbons (Fsp3) is 0.560. The van der Waals surface area contributed by atoms with Crippen LogP contribution in [0.3, 0.4) is 0 Å². The minimum absolute atomic E-state index is 0.0613. The highest BCUT2D eigenvalue weighted by Gasteiger charge is 2.33. The summed E-state index contributed by atoms with van der Waals surface area (Å²) in [5.74, 6) is 0. The van der Waals surface area contributed by atoms with E-state index in [2.05, 4.69) is 63.9 Å². The standard InChI is InChI=1S/C25H39NO2S/c1-6-9-10-12-23(11-7-2)14-13-21(4)24(8-3)26-19-22(5)29-25(20-27)15-17-28-18-16-25/h7-8,11,13-14,19-20,24,26H,3,6,9-10,12,15-18H2,1-2,4-5H3/b11-7-,21-13+,22-19+,23-14+. The molecule has 0 radical (unpaired) electrons. The van der Waals surface area contributed by atoms with Crippen molar-refractivity contribution in [1.82, 2.24) is 5.32 Å². The zero-order valence-electron chi connectivity index (χ0n) is 18.7. The summed E-state index contributed by atoms with van der Waals surface area (Å²) in [6.45, 7) is 13.8. The average molecular weight is 418 g/mol. The van der Waals surface area contributed by atoms with Crippen LogP contribution in [0.4, 0.5) is 0 Å². The molecule has 0 aromatic rings. The molecular formula is C25H39NO2S. The van der Waals surface area contributed by atoms with Gasteiger partial charge in [0.05, 0.1) is 10.8 Å². The second kappa shape index (κ2) is 14.5. The van der Waals surface area contributed by atoms with E-state index in [9.17, 15) is 4.79 Å². The first kappa shape index (κ1) is 25.5. The summed E-state index contributed by atoms with van der Waals surface area (Å²) >= 11 is 1.64. The highest BCUT2D eigenvalue weighted by Crippen LogP contribution is 2.38. The highest BCUT2D eigenvalue weighted by atomic mass is 32.2. The summed E-state index contributed by atoms with van der Waals surface area (Å²) < 4.78 is 5.06. The van der Waals surface area contributed by atoms with Crippen molar-refractivity contribution in [2.75, 3.05) is 13.2 Å². The van der Waals surface area contributed by atoms with Crippen molar-refractivity contribution in [1.29, 1.82) is 0 Å². The first-order valence-electron chi connectivity index (χ1n) is 10.8. The van der Waals surface area contributed by atoms with E-state index in [0.717, 1.165) is 30.5 Å². The maximum atomic E-state index is 11.7. The normalized spacial score (nSPS) is 19.2. The van der Waals surface area contributed by atoms with E-state index in [1.807, 2.05) is 12.3 Å².